The van der Waals surface area contributed by atoms with Crippen molar-refractivity contribution in [3.8, 4) is 0 Å². The van der Waals surface area contributed by atoms with Crippen LogP contribution >= 0.6 is 0 Å². The summed E-state index contributed by atoms with van der Waals surface area (Å²) in [6.07, 6.45) is 4.20. The largest absolute Gasteiger partial charge is 0.338 e. The minimum absolute atomic E-state index is 0.0500. The van der Waals surface area contributed by atoms with Gasteiger partial charge in [0.15, 0.2) is 0 Å². The number of isocyanates is 1. The van der Waals surface area contributed by atoms with E-state index in [1.807, 2.05) is 0 Å². The Bertz CT molecular complexity index is 686. The van der Waals surface area contributed by atoms with Crippen LogP contribution in [0.2, 0.25) is 0 Å². The van der Waals surface area contributed by atoms with E-state index in [2.05, 4.69) is 46.6 Å². The first-order valence-corrected chi connectivity index (χ1v) is 8.07. The van der Waals surface area contributed by atoms with Crippen LogP contribution in [-0.4, -0.2) is 34.9 Å². The Morgan fingerprint density at radius 1 is 1.33 bits per heavy atom. The number of urea groups is 1. The highest BCUT2D eigenvalue weighted by molar-refractivity contribution is 5.73. The molecule has 24 heavy (non-hydrogen) atoms. The van der Waals surface area contributed by atoms with E-state index in [0.717, 1.165) is 19.3 Å². The third kappa shape index (κ3) is 5.09. The third-order valence-corrected chi connectivity index (χ3v) is 4.42. The lowest BCUT2D eigenvalue weighted by Gasteiger charge is -2.45. The Kier molecular flexibility index (Phi) is 5.29. The molecule has 1 aliphatic rings. The fourth-order valence-electron chi connectivity index (χ4n) is 3.88. The van der Waals surface area contributed by atoms with Crippen LogP contribution in [0, 0.1) is 10.8 Å². The number of amides is 2. The Morgan fingerprint density at radius 2 is 2.08 bits per heavy atom. The van der Waals surface area contributed by atoms with Gasteiger partial charge in [0, 0.05) is 12.6 Å². The minimum Gasteiger partial charge on any atom is -0.338 e. The molecule has 2 atom stereocenters. The van der Waals surface area contributed by atoms with Crippen molar-refractivity contribution in [3.63, 3.8) is 0 Å². The molecule has 0 bridgehead atoms. The van der Waals surface area contributed by atoms with Crippen LogP contribution < -0.4 is 16.2 Å². The van der Waals surface area contributed by atoms with Crippen molar-refractivity contribution in [1.82, 2.24) is 20.8 Å². The predicted molar refractivity (Wildman–Crippen MR) is 89.3 cm³/mol. The van der Waals surface area contributed by atoms with Gasteiger partial charge >= 0.3 is 6.03 Å². The zero-order valence-corrected chi connectivity index (χ0v) is 14.4. The molecule has 1 aromatic heterocycles. The van der Waals surface area contributed by atoms with Gasteiger partial charge in [-0.3, -0.25) is 9.89 Å². The van der Waals surface area contributed by atoms with Crippen LogP contribution in [-0.2, 0) is 11.3 Å². The monoisotopic (exact) mass is 335 g/mol. The summed E-state index contributed by atoms with van der Waals surface area (Å²) < 4.78 is 0. The predicted octanol–water partition coefficient (Wildman–Crippen LogP) is 1.42. The molecule has 4 N–H and O–H groups in total. The number of carbonyl (C=O) groups excluding carboxylic acids is 2. The number of nitrogens with zero attached hydrogens (tertiary/aromatic N) is 1. The fraction of sp³-hybridized carbons (Fsp3) is 0.688. The van der Waals surface area contributed by atoms with Crippen LogP contribution in [0.3, 0.4) is 0 Å². The number of rotatable bonds is 5. The molecule has 1 saturated carbocycles. The first-order chi connectivity index (χ1) is 11.2. The molecule has 8 heteroatoms. The van der Waals surface area contributed by atoms with E-state index in [1.54, 1.807) is 6.08 Å². The highest BCUT2D eigenvalue weighted by atomic mass is 16.2. The third-order valence-electron chi connectivity index (χ3n) is 4.42. The Labute approximate surface area is 140 Å². The van der Waals surface area contributed by atoms with Crippen molar-refractivity contribution in [2.45, 2.75) is 52.6 Å². The molecule has 1 fully saturated rings. The van der Waals surface area contributed by atoms with Gasteiger partial charge in [0.05, 0.1) is 18.3 Å². The van der Waals surface area contributed by atoms with Gasteiger partial charge in [-0.2, -0.15) is 0 Å². The van der Waals surface area contributed by atoms with Gasteiger partial charge in [0.2, 0.25) is 6.08 Å². The van der Waals surface area contributed by atoms with E-state index in [1.165, 1.54) is 6.07 Å². The second-order valence-electron chi connectivity index (χ2n) is 7.75. The lowest BCUT2D eigenvalue weighted by molar-refractivity contribution is 0.0850. The van der Waals surface area contributed by atoms with Gasteiger partial charge in [-0.15, -0.1) is 0 Å². The van der Waals surface area contributed by atoms with Crippen molar-refractivity contribution in [2.24, 2.45) is 15.8 Å². The average molecular weight is 335 g/mol. The zero-order valence-electron chi connectivity index (χ0n) is 14.4. The second-order valence-corrected chi connectivity index (χ2v) is 7.75. The normalized spacial score (nSPS) is 25.5. The summed E-state index contributed by atoms with van der Waals surface area (Å²) in [5, 5.41) is 10.7. The van der Waals surface area contributed by atoms with Crippen molar-refractivity contribution in [3.05, 3.63) is 22.1 Å². The molecule has 0 aromatic carbocycles. The van der Waals surface area contributed by atoms with Gasteiger partial charge in [0.1, 0.15) is 0 Å². The average Bonchev–Trinajstić information content (AvgIpc) is 2.87. The number of aliphatic imine (C=N–C) groups is 1. The van der Waals surface area contributed by atoms with Crippen molar-refractivity contribution in [1.29, 1.82) is 0 Å². The maximum atomic E-state index is 12.0. The highest BCUT2D eigenvalue weighted by Crippen LogP contribution is 2.46. The summed E-state index contributed by atoms with van der Waals surface area (Å²) in [5.41, 5.74) is 0.305. The number of H-pyrrole nitrogens is 2. The first-order valence-electron chi connectivity index (χ1n) is 8.07. The molecular weight excluding hydrogens is 310 g/mol. The summed E-state index contributed by atoms with van der Waals surface area (Å²) in [7, 11) is 0. The lowest BCUT2D eigenvalue weighted by atomic mass is 9.63. The molecular formula is C16H25N5O3. The molecule has 2 unspecified atom stereocenters. The van der Waals surface area contributed by atoms with E-state index >= 15 is 0 Å². The standard InChI is InChI=1S/C16H25N5O3/c1-15(2)5-12(19-10-22)6-16(3,8-15)9-18-14(24)17-7-11-4-13(23)21-20-11/h4,12H,5-9H2,1-3H3,(H2,17,18,24)(H2,20,21,23). The van der Waals surface area contributed by atoms with E-state index in [4.69, 9.17) is 0 Å². The summed E-state index contributed by atoms with van der Waals surface area (Å²) in [6, 6.07) is 1.05. The highest BCUT2D eigenvalue weighted by Gasteiger charge is 2.41. The number of hydrogen-bond donors (Lipinski definition) is 4. The van der Waals surface area contributed by atoms with E-state index < -0.39 is 0 Å². The number of aromatic amines is 2. The number of carbonyl (C=O) groups is 1. The van der Waals surface area contributed by atoms with Crippen molar-refractivity contribution < 1.29 is 9.59 Å². The first kappa shape index (κ1) is 18.0. The topological polar surface area (TPSA) is 119 Å². The quantitative estimate of drug-likeness (QED) is 0.481. The van der Waals surface area contributed by atoms with Crippen LogP contribution in [0.25, 0.3) is 0 Å². The van der Waals surface area contributed by atoms with Gasteiger partial charge in [-0.05, 0) is 30.1 Å². The Morgan fingerprint density at radius 3 is 2.71 bits per heavy atom. The molecule has 0 saturated heterocycles. The van der Waals surface area contributed by atoms with Gasteiger partial charge < -0.3 is 15.7 Å². The van der Waals surface area contributed by atoms with E-state index in [9.17, 15) is 14.4 Å². The maximum absolute atomic E-state index is 12.0. The molecule has 1 heterocycles. The summed E-state index contributed by atoms with van der Waals surface area (Å²) >= 11 is 0. The van der Waals surface area contributed by atoms with Crippen LogP contribution in [0.4, 0.5) is 4.79 Å². The van der Waals surface area contributed by atoms with Gasteiger partial charge in [-0.1, -0.05) is 20.8 Å². The molecule has 1 aliphatic carbocycles. The van der Waals surface area contributed by atoms with Gasteiger partial charge in [-0.25, -0.2) is 14.6 Å². The van der Waals surface area contributed by atoms with Crippen LogP contribution in [0.5, 0.6) is 0 Å². The lowest BCUT2D eigenvalue weighted by Crippen LogP contribution is -2.47. The second kappa shape index (κ2) is 7.05. The maximum Gasteiger partial charge on any atom is 0.315 e. The summed E-state index contributed by atoms with van der Waals surface area (Å²) in [5.74, 6) is 0. The zero-order chi connectivity index (χ0) is 17.8. The molecule has 0 spiro atoms. The van der Waals surface area contributed by atoms with E-state index in [0.29, 0.717) is 12.2 Å². The molecule has 2 rings (SSSR count). The Hall–Kier alpha value is -2.34. The molecule has 8 nitrogen and oxygen atoms in total. The SMILES string of the molecule is CC1(C)CC(N=C=O)CC(C)(CNC(=O)NCc2cc(=O)[nH][nH]2)C1. The molecule has 0 radical (unpaired) electrons. The molecule has 132 valence electrons. The van der Waals surface area contributed by atoms with E-state index in [-0.39, 0.29) is 35.0 Å². The van der Waals surface area contributed by atoms with Gasteiger partial charge in [0.25, 0.3) is 5.56 Å². The fourth-order valence-corrected chi connectivity index (χ4v) is 3.88. The van der Waals surface area contributed by atoms with Crippen molar-refractivity contribution >= 4 is 12.1 Å². The minimum atomic E-state index is -0.294. The molecule has 2 amide bonds. The van der Waals surface area contributed by atoms with Crippen molar-refractivity contribution in [2.75, 3.05) is 6.54 Å². The summed E-state index contributed by atoms with van der Waals surface area (Å²) in [6.45, 7) is 7.15. The van der Waals surface area contributed by atoms with Crippen LogP contribution in [0.1, 0.15) is 45.7 Å². The van der Waals surface area contributed by atoms with Crippen LogP contribution in [0.15, 0.2) is 15.9 Å². The number of hydrogen-bond acceptors (Lipinski definition) is 4. The Balaban J connectivity index is 1.87. The summed E-state index contributed by atoms with van der Waals surface area (Å²) in [4.78, 5) is 37.5. The number of nitrogens with one attached hydrogen (secondary N) is 4. The molecule has 0 aliphatic heterocycles. The number of aromatic nitrogens is 2. The molecule has 1 aromatic rings. The smallest absolute Gasteiger partial charge is 0.315 e.